The third kappa shape index (κ3) is 3.76. The SMILES string of the molecule is COc1ccccc1NC(=O)/C(C#N)=C/c1cc(C)n(-c2nccs2)c1C. The zero-order valence-corrected chi connectivity index (χ0v) is 16.0. The number of nitriles is 1. The van der Waals surface area contributed by atoms with Gasteiger partial charge < -0.3 is 10.1 Å². The lowest BCUT2D eigenvalue weighted by atomic mass is 10.1. The van der Waals surface area contributed by atoms with Crippen molar-refractivity contribution in [2.24, 2.45) is 0 Å². The van der Waals surface area contributed by atoms with E-state index in [0.717, 1.165) is 22.1 Å². The Labute approximate surface area is 161 Å². The number of para-hydroxylation sites is 2. The summed E-state index contributed by atoms with van der Waals surface area (Å²) in [5.41, 5.74) is 3.23. The Morgan fingerprint density at radius 1 is 1.37 bits per heavy atom. The minimum atomic E-state index is -0.485. The predicted molar refractivity (Wildman–Crippen MR) is 106 cm³/mol. The topological polar surface area (TPSA) is 79.9 Å². The molecule has 0 aliphatic rings. The van der Waals surface area contributed by atoms with E-state index in [2.05, 4.69) is 10.3 Å². The van der Waals surface area contributed by atoms with Crippen LogP contribution in [0.2, 0.25) is 0 Å². The van der Waals surface area contributed by atoms with E-state index in [4.69, 9.17) is 4.74 Å². The maximum Gasteiger partial charge on any atom is 0.266 e. The number of benzene rings is 1. The fraction of sp³-hybridized carbons (Fsp3) is 0.150. The van der Waals surface area contributed by atoms with Crippen molar-refractivity contribution >= 4 is 29.0 Å². The van der Waals surface area contributed by atoms with Gasteiger partial charge in [0.15, 0.2) is 5.13 Å². The second-order valence-corrected chi connectivity index (χ2v) is 6.67. The minimum Gasteiger partial charge on any atom is -0.495 e. The van der Waals surface area contributed by atoms with E-state index < -0.39 is 5.91 Å². The zero-order chi connectivity index (χ0) is 19.4. The molecule has 0 bridgehead atoms. The van der Waals surface area contributed by atoms with Crippen LogP contribution in [0, 0.1) is 25.2 Å². The van der Waals surface area contributed by atoms with Gasteiger partial charge in [0.05, 0.1) is 12.8 Å². The van der Waals surface area contributed by atoms with Crippen molar-refractivity contribution < 1.29 is 9.53 Å². The molecule has 27 heavy (non-hydrogen) atoms. The molecule has 1 amide bonds. The number of hydrogen-bond acceptors (Lipinski definition) is 5. The number of thiazole rings is 1. The number of anilines is 1. The molecule has 7 heteroatoms. The molecule has 6 nitrogen and oxygen atoms in total. The Hall–Kier alpha value is -3.37. The Morgan fingerprint density at radius 2 is 2.15 bits per heavy atom. The van der Waals surface area contributed by atoms with Crippen LogP contribution in [0.4, 0.5) is 5.69 Å². The standard InChI is InChI=1S/C20H18N4O2S/c1-13-10-15(14(2)24(13)20-22-8-9-27-20)11-16(12-21)19(25)23-17-6-4-5-7-18(17)26-3/h4-11H,1-3H3,(H,23,25)/b16-11+. The van der Waals surface area contributed by atoms with Gasteiger partial charge in [0.1, 0.15) is 17.4 Å². The highest BCUT2D eigenvalue weighted by molar-refractivity contribution is 7.12. The van der Waals surface area contributed by atoms with Crippen LogP contribution in [-0.2, 0) is 4.79 Å². The molecule has 1 aromatic carbocycles. The van der Waals surface area contributed by atoms with Crippen LogP contribution in [-0.4, -0.2) is 22.6 Å². The normalized spacial score (nSPS) is 11.1. The fourth-order valence-corrected chi connectivity index (χ4v) is 3.55. The highest BCUT2D eigenvalue weighted by Crippen LogP contribution is 2.26. The molecule has 1 N–H and O–H groups in total. The van der Waals surface area contributed by atoms with Gasteiger partial charge in [-0.3, -0.25) is 9.36 Å². The number of aromatic nitrogens is 2. The summed E-state index contributed by atoms with van der Waals surface area (Å²) in [6.07, 6.45) is 3.34. The summed E-state index contributed by atoms with van der Waals surface area (Å²) in [7, 11) is 1.53. The number of rotatable bonds is 5. The van der Waals surface area contributed by atoms with Gasteiger partial charge in [-0.05, 0) is 43.7 Å². The molecule has 0 spiro atoms. The first-order valence-corrected chi connectivity index (χ1v) is 9.08. The molecule has 0 atom stereocenters. The highest BCUT2D eigenvalue weighted by atomic mass is 32.1. The predicted octanol–water partition coefficient (Wildman–Crippen LogP) is 4.10. The number of methoxy groups -OCH3 is 1. The summed E-state index contributed by atoms with van der Waals surface area (Å²) in [6.45, 7) is 3.90. The molecule has 0 saturated carbocycles. The molecule has 3 rings (SSSR count). The van der Waals surface area contributed by atoms with Gasteiger partial charge in [0, 0.05) is 23.0 Å². The monoisotopic (exact) mass is 378 g/mol. The van der Waals surface area contributed by atoms with E-state index in [-0.39, 0.29) is 5.57 Å². The lowest BCUT2D eigenvalue weighted by molar-refractivity contribution is -0.112. The number of amides is 1. The molecular weight excluding hydrogens is 360 g/mol. The summed E-state index contributed by atoms with van der Waals surface area (Å²) in [4.78, 5) is 16.9. The molecule has 0 saturated heterocycles. The van der Waals surface area contributed by atoms with Gasteiger partial charge in [0.25, 0.3) is 5.91 Å². The summed E-state index contributed by atoms with van der Waals surface area (Å²) >= 11 is 1.53. The van der Waals surface area contributed by atoms with Gasteiger partial charge in [-0.15, -0.1) is 11.3 Å². The Morgan fingerprint density at radius 3 is 2.81 bits per heavy atom. The van der Waals surface area contributed by atoms with E-state index in [1.54, 1.807) is 30.5 Å². The average molecular weight is 378 g/mol. The van der Waals surface area contributed by atoms with Crippen molar-refractivity contribution in [2.45, 2.75) is 13.8 Å². The molecule has 0 radical (unpaired) electrons. The third-order valence-electron chi connectivity index (χ3n) is 4.10. The number of nitrogens with zero attached hydrogens (tertiary/aromatic N) is 3. The fourth-order valence-electron chi connectivity index (χ4n) is 2.80. The Kier molecular flexibility index (Phi) is 5.38. The minimum absolute atomic E-state index is 0.0142. The second-order valence-electron chi connectivity index (χ2n) is 5.80. The van der Waals surface area contributed by atoms with Crippen LogP contribution in [0.1, 0.15) is 17.0 Å². The Bertz CT molecular complexity index is 1040. The van der Waals surface area contributed by atoms with Crippen molar-refractivity contribution in [3.05, 3.63) is 64.4 Å². The van der Waals surface area contributed by atoms with Gasteiger partial charge >= 0.3 is 0 Å². The summed E-state index contributed by atoms with van der Waals surface area (Å²) in [6, 6.07) is 11.0. The molecule has 0 aliphatic carbocycles. The van der Waals surface area contributed by atoms with Gasteiger partial charge in [-0.1, -0.05) is 12.1 Å². The number of carbonyl (C=O) groups is 1. The number of hydrogen-bond donors (Lipinski definition) is 1. The second kappa shape index (κ2) is 7.89. The van der Waals surface area contributed by atoms with Crippen molar-refractivity contribution in [3.63, 3.8) is 0 Å². The molecule has 2 aromatic heterocycles. The van der Waals surface area contributed by atoms with Gasteiger partial charge in [-0.25, -0.2) is 4.98 Å². The summed E-state index contributed by atoms with van der Waals surface area (Å²) in [5, 5.41) is 15.0. The number of ether oxygens (including phenoxy) is 1. The van der Waals surface area contributed by atoms with Crippen molar-refractivity contribution in [1.82, 2.24) is 9.55 Å². The molecule has 0 fully saturated rings. The molecule has 3 aromatic rings. The molecular formula is C20H18N4O2S. The maximum atomic E-state index is 12.6. The first kappa shape index (κ1) is 18.4. The van der Waals surface area contributed by atoms with Crippen LogP contribution in [0.3, 0.4) is 0 Å². The highest BCUT2D eigenvalue weighted by Gasteiger charge is 2.15. The van der Waals surface area contributed by atoms with Crippen LogP contribution in [0.15, 0.2) is 47.5 Å². The van der Waals surface area contributed by atoms with E-state index in [1.807, 2.05) is 42.0 Å². The quantitative estimate of drug-likeness (QED) is 0.535. The van der Waals surface area contributed by atoms with E-state index in [0.29, 0.717) is 11.4 Å². The first-order chi connectivity index (χ1) is 13.0. The molecule has 136 valence electrons. The third-order valence-corrected chi connectivity index (χ3v) is 4.86. The van der Waals surface area contributed by atoms with Crippen molar-refractivity contribution in [2.75, 3.05) is 12.4 Å². The van der Waals surface area contributed by atoms with Crippen molar-refractivity contribution in [1.29, 1.82) is 5.26 Å². The van der Waals surface area contributed by atoms with Crippen LogP contribution in [0.5, 0.6) is 5.75 Å². The number of nitrogens with one attached hydrogen (secondary N) is 1. The average Bonchev–Trinajstić information content (AvgIpc) is 3.28. The zero-order valence-electron chi connectivity index (χ0n) is 15.2. The van der Waals surface area contributed by atoms with E-state index >= 15 is 0 Å². The lowest BCUT2D eigenvalue weighted by Crippen LogP contribution is -2.14. The smallest absolute Gasteiger partial charge is 0.266 e. The van der Waals surface area contributed by atoms with Gasteiger partial charge in [-0.2, -0.15) is 5.26 Å². The van der Waals surface area contributed by atoms with Crippen LogP contribution in [0.25, 0.3) is 11.2 Å². The summed E-state index contributed by atoms with van der Waals surface area (Å²) < 4.78 is 7.23. The van der Waals surface area contributed by atoms with E-state index in [1.165, 1.54) is 18.4 Å². The van der Waals surface area contributed by atoms with Crippen molar-refractivity contribution in [3.8, 4) is 17.0 Å². The van der Waals surface area contributed by atoms with Gasteiger partial charge in [0.2, 0.25) is 0 Å². The summed E-state index contributed by atoms with van der Waals surface area (Å²) in [5.74, 6) is 0.0474. The van der Waals surface area contributed by atoms with E-state index in [9.17, 15) is 10.1 Å². The molecule has 0 aliphatic heterocycles. The maximum absolute atomic E-state index is 12.6. The van der Waals surface area contributed by atoms with Crippen LogP contribution < -0.4 is 10.1 Å². The molecule has 2 heterocycles. The lowest BCUT2D eigenvalue weighted by Gasteiger charge is -2.09. The number of aryl methyl sites for hydroxylation is 1. The largest absolute Gasteiger partial charge is 0.495 e. The Balaban J connectivity index is 1.92. The van der Waals surface area contributed by atoms with Crippen LogP contribution >= 0.6 is 11.3 Å². The first-order valence-electron chi connectivity index (χ1n) is 8.20. The number of carbonyl (C=O) groups excluding carboxylic acids is 1. The molecule has 0 unspecified atom stereocenters.